The van der Waals surface area contributed by atoms with Crippen molar-refractivity contribution < 1.29 is 14.2 Å². The molecule has 1 atom stereocenters. The van der Waals surface area contributed by atoms with E-state index < -0.39 is 0 Å². The molecule has 0 bridgehead atoms. The van der Waals surface area contributed by atoms with E-state index in [9.17, 15) is 0 Å². The second kappa shape index (κ2) is 4.24. The van der Waals surface area contributed by atoms with Crippen LogP contribution in [0.15, 0.2) is 18.2 Å². The van der Waals surface area contributed by atoms with E-state index in [1.165, 1.54) is 0 Å². The standard InChI is InChI=1S/C9H6O2.C3H6O/c1-2-6-10-7-4-3-5-8-9(7)11-8;1-3-2-4-3/h1,3-5H,6H2;3H,2H2,1H3. The van der Waals surface area contributed by atoms with Gasteiger partial charge < -0.3 is 14.2 Å². The SMILES string of the molecule is C#CCOc1cccc2c1O2.CC1CO1. The molecule has 0 spiro atoms. The molecule has 1 aromatic rings. The van der Waals surface area contributed by atoms with Crippen molar-refractivity contribution in [2.45, 2.75) is 13.0 Å². The topological polar surface area (TPSA) is 34.3 Å². The Morgan fingerprint density at radius 3 is 2.93 bits per heavy atom. The van der Waals surface area contributed by atoms with Gasteiger partial charge in [-0.2, -0.15) is 0 Å². The Labute approximate surface area is 89.0 Å². The van der Waals surface area contributed by atoms with Crippen LogP contribution >= 0.6 is 0 Å². The molecule has 0 aromatic heterocycles. The first kappa shape index (κ1) is 9.88. The molecule has 1 aromatic carbocycles. The van der Waals surface area contributed by atoms with E-state index in [1.807, 2.05) is 18.2 Å². The van der Waals surface area contributed by atoms with Crippen LogP contribution in [0.5, 0.6) is 17.2 Å². The predicted molar refractivity (Wildman–Crippen MR) is 56.3 cm³/mol. The molecule has 1 saturated heterocycles. The van der Waals surface area contributed by atoms with Crippen LogP contribution < -0.4 is 9.47 Å². The van der Waals surface area contributed by atoms with Crippen molar-refractivity contribution in [2.24, 2.45) is 0 Å². The Morgan fingerprint density at radius 1 is 1.60 bits per heavy atom. The number of fused-ring (bicyclic) bond motifs is 1. The molecular weight excluding hydrogens is 192 g/mol. The summed E-state index contributed by atoms with van der Waals surface area (Å²) >= 11 is 0. The van der Waals surface area contributed by atoms with Gasteiger partial charge in [0.2, 0.25) is 5.75 Å². The number of rotatable bonds is 2. The van der Waals surface area contributed by atoms with Gasteiger partial charge in [-0.15, -0.1) is 6.42 Å². The highest BCUT2D eigenvalue weighted by atomic mass is 16.6. The number of ether oxygens (including phenoxy) is 3. The van der Waals surface area contributed by atoms with E-state index in [0.717, 1.165) is 23.9 Å². The molecule has 78 valence electrons. The normalized spacial score (nSPS) is 18.5. The van der Waals surface area contributed by atoms with Gasteiger partial charge in [-0.3, -0.25) is 0 Å². The summed E-state index contributed by atoms with van der Waals surface area (Å²) in [7, 11) is 0. The number of hydrogen-bond donors (Lipinski definition) is 0. The molecule has 1 unspecified atom stereocenters. The number of hydrogen-bond acceptors (Lipinski definition) is 3. The van der Waals surface area contributed by atoms with E-state index >= 15 is 0 Å². The molecule has 0 saturated carbocycles. The number of para-hydroxylation sites is 1. The quantitative estimate of drug-likeness (QED) is 0.555. The summed E-state index contributed by atoms with van der Waals surface area (Å²) in [4.78, 5) is 0. The fourth-order valence-corrected chi connectivity index (χ4v) is 0.994. The summed E-state index contributed by atoms with van der Waals surface area (Å²) in [6.07, 6.45) is 5.61. The summed E-state index contributed by atoms with van der Waals surface area (Å²) in [6.45, 7) is 3.33. The first-order valence-electron chi connectivity index (χ1n) is 4.80. The van der Waals surface area contributed by atoms with Crippen LogP contribution in [0.3, 0.4) is 0 Å². The lowest BCUT2D eigenvalue weighted by Crippen LogP contribution is -1.91. The van der Waals surface area contributed by atoms with Crippen molar-refractivity contribution >= 4 is 0 Å². The maximum absolute atomic E-state index is 5.18. The lowest BCUT2D eigenvalue weighted by Gasteiger charge is -1.96. The van der Waals surface area contributed by atoms with Gasteiger partial charge in [-0.1, -0.05) is 12.0 Å². The maximum atomic E-state index is 5.18. The Bertz CT molecular complexity index is 388. The highest BCUT2D eigenvalue weighted by molar-refractivity contribution is 5.62. The summed E-state index contributed by atoms with van der Waals surface area (Å²) in [5, 5.41) is 0. The van der Waals surface area contributed by atoms with Gasteiger partial charge in [-0.05, 0) is 19.1 Å². The van der Waals surface area contributed by atoms with Crippen LogP contribution in [0.25, 0.3) is 0 Å². The fraction of sp³-hybridized carbons (Fsp3) is 0.333. The molecule has 2 aliphatic rings. The molecule has 0 amide bonds. The molecule has 0 N–H and O–H groups in total. The Balaban J connectivity index is 0.000000179. The molecule has 2 aliphatic heterocycles. The Kier molecular flexibility index (Phi) is 2.79. The van der Waals surface area contributed by atoms with Gasteiger partial charge in [0.1, 0.15) is 6.61 Å². The molecule has 0 aliphatic carbocycles. The number of terminal acetylenes is 1. The highest BCUT2D eigenvalue weighted by Crippen LogP contribution is 2.51. The molecule has 0 radical (unpaired) electrons. The summed E-state index contributed by atoms with van der Waals surface area (Å²) in [6, 6.07) is 5.60. The van der Waals surface area contributed by atoms with Gasteiger partial charge in [0, 0.05) is 0 Å². The molecule has 3 rings (SSSR count). The average molecular weight is 204 g/mol. The van der Waals surface area contributed by atoms with Crippen LogP contribution in [-0.4, -0.2) is 19.3 Å². The molecule has 2 heterocycles. The van der Waals surface area contributed by atoms with Crippen LogP contribution in [-0.2, 0) is 4.74 Å². The van der Waals surface area contributed by atoms with Gasteiger partial charge >= 0.3 is 0 Å². The predicted octanol–water partition coefficient (Wildman–Crippen LogP) is 2.21. The van der Waals surface area contributed by atoms with Crippen LogP contribution in [0.4, 0.5) is 0 Å². The Hall–Kier alpha value is -1.66. The summed E-state index contributed by atoms with van der Waals surface area (Å²) < 4.78 is 15.0. The molecule has 1 fully saturated rings. The number of benzene rings is 1. The zero-order chi connectivity index (χ0) is 10.7. The smallest absolute Gasteiger partial charge is 0.211 e. The van der Waals surface area contributed by atoms with Crippen molar-refractivity contribution in [3.63, 3.8) is 0 Å². The summed E-state index contributed by atoms with van der Waals surface area (Å²) in [5.74, 6) is 4.84. The van der Waals surface area contributed by atoms with Crippen LogP contribution in [0.2, 0.25) is 0 Å². The van der Waals surface area contributed by atoms with Crippen molar-refractivity contribution in [3.8, 4) is 29.6 Å². The van der Waals surface area contributed by atoms with Gasteiger partial charge in [0.15, 0.2) is 11.5 Å². The van der Waals surface area contributed by atoms with Gasteiger partial charge in [0.25, 0.3) is 0 Å². The first-order valence-corrected chi connectivity index (χ1v) is 4.80. The van der Waals surface area contributed by atoms with E-state index in [1.54, 1.807) is 0 Å². The number of epoxide rings is 1. The lowest BCUT2D eigenvalue weighted by molar-refractivity contribution is 0.366. The van der Waals surface area contributed by atoms with E-state index in [2.05, 4.69) is 12.8 Å². The largest absolute Gasteiger partial charge is 0.477 e. The summed E-state index contributed by atoms with van der Waals surface area (Å²) in [5.41, 5.74) is 0. The third-order valence-electron chi connectivity index (χ3n) is 1.92. The minimum atomic E-state index is 0.291. The highest BCUT2D eigenvalue weighted by Gasteiger charge is 2.24. The third-order valence-corrected chi connectivity index (χ3v) is 1.92. The van der Waals surface area contributed by atoms with E-state index in [4.69, 9.17) is 20.6 Å². The van der Waals surface area contributed by atoms with E-state index in [-0.39, 0.29) is 0 Å². The minimum Gasteiger partial charge on any atom is -0.477 e. The van der Waals surface area contributed by atoms with Gasteiger partial charge in [0.05, 0.1) is 12.7 Å². The average Bonchev–Trinajstić information content (AvgIpc) is 3.10. The van der Waals surface area contributed by atoms with Crippen molar-refractivity contribution in [1.82, 2.24) is 0 Å². The fourth-order valence-electron chi connectivity index (χ4n) is 0.994. The van der Waals surface area contributed by atoms with Crippen LogP contribution in [0.1, 0.15) is 6.92 Å². The zero-order valence-corrected chi connectivity index (χ0v) is 8.53. The maximum Gasteiger partial charge on any atom is 0.211 e. The minimum absolute atomic E-state index is 0.291. The van der Waals surface area contributed by atoms with Crippen molar-refractivity contribution in [1.29, 1.82) is 0 Å². The van der Waals surface area contributed by atoms with Crippen LogP contribution in [0, 0.1) is 12.3 Å². The van der Waals surface area contributed by atoms with Gasteiger partial charge in [-0.25, -0.2) is 0 Å². The lowest BCUT2D eigenvalue weighted by atomic mass is 10.3. The molecule has 3 heteroatoms. The molecular formula is C12H12O3. The third kappa shape index (κ3) is 2.90. The Morgan fingerprint density at radius 2 is 2.33 bits per heavy atom. The second-order valence-electron chi connectivity index (χ2n) is 3.32. The zero-order valence-electron chi connectivity index (χ0n) is 8.53. The second-order valence-corrected chi connectivity index (χ2v) is 3.32. The van der Waals surface area contributed by atoms with Crippen molar-refractivity contribution in [3.05, 3.63) is 18.2 Å². The molecule has 15 heavy (non-hydrogen) atoms. The monoisotopic (exact) mass is 204 g/mol. The molecule has 3 nitrogen and oxygen atoms in total. The van der Waals surface area contributed by atoms with Crippen molar-refractivity contribution in [2.75, 3.05) is 13.2 Å². The first-order chi connectivity index (χ1) is 7.31. The van der Waals surface area contributed by atoms with E-state index in [0.29, 0.717) is 12.7 Å².